The second kappa shape index (κ2) is 6.77. The predicted molar refractivity (Wildman–Crippen MR) is 96.3 cm³/mol. The summed E-state index contributed by atoms with van der Waals surface area (Å²) in [4.78, 5) is 12.5. The molecule has 0 fully saturated rings. The summed E-state index contributed by atoms with van der Waals surface area (Å²) < 4.78 is 22.1. The number of ether oxygens (including phenoxy) is 3. The minimum absolute atomic E-state index is 0.0657. The number of nitriles is 1. The zero-order valence-electron chi connectivity index (χ0n) is 14.3. The third kappa shape index (κ3) is 2.80. The average molecular weight is 419 g/mol. The third-order valence-corrected chi connectivity index (χ3v) is 4.69. The molecular formula is C18H15BrN2O5. The molecule has 0 amide bonds. The lowest BCUT2D eigenvalue weighted by Gasteiger charge is -2.26. The number of halogens is 1. The summed E-state index contributed by atoms with van der Waals surface area (Å²) in [5.74, 6) is 0.757. The van der Waals surface area contributed by atoms with Crippen molar-refractivity contribution in [3.05, 3.63) is 61.4 Å². The molecule has 26 heavy (non-hydrogen) atoms. The molecule has 2 aromatic rings. The molecule has 7 nitrogen and oxygen atoms in total. The lowest BCUT2D eigenvalue weighted by molar-refractivity contribution is 0.366. The third-order valence-electron chi connectivity index (χ3n) is 4.07. The van der Waals surface area contributed by atoms with Gasteiger partial charge >= 0.3 is 5.63 Å². The second-order valence-electron chi connectivity index (χ2n) is 5.58. The Kier molecular flexibility index (Phi) is 4.66. The molecule has 1 atom stereocenters. The molecule has 0 saturated heterocycles. The highest BCUT2D eigenvalue weighted by atomic mass is 79.9. The molecule has 1 aliphatic heterocycles. The topological polar surface area (TPSA) is 108 Å². The summed E-state index contributed by atoms with van der Waals surface area (Å²) in [5, 5.41) is 9.62. The number of methoxy groups -OCH3 is 2. The van der Waals surface area contributed by atoms with Crippen molar-refractivity contribution in [2.75, 3.05) is 14.2 Å². The van der Waals surface area contributed by atoms with E-state index in [2.05, 4.69) is 15.9 Å². The van der Waals surface area contributed by atoms with Gasteiger partial charge in [-0.2, -0.15) is 5.26 Å². The summed E-state index contributed by atoms with van der Waals surface area (Å²) in [6, 6.07) is 6.98. The molecule has 1 aromatic carbocycles. The standard InChI is InChI=1S/C18H15BrN2O5/c1-8-4-14-16(18(22)25-8)15(10(7-20)17(21)26-14)9-5-11(19)13(24-3)6-12(9)23-2/h4-6,15H,21H2,1-3H3/t15-/m1/s1. The fourth-order valence-electron chi connectivity index (χ4n) is 2.94. The lowest BCUT2D eigenvalue weighted by atomic mass is 9.84. The summed E-state index contributed by atoms with van der Waals surface area (Å²) in [7, 11) is 3.02. The maximum atomic E-state index is 12.5. The van der Waals surface area contributed by atoms with Crippen LogP contribution in [0, 0.1) is 18.3 Å². The first-order chi connectivity index (χ1) is 12.4. The molecule has 1 aromatic heterocycles. The Labute approximate surface area is 157 Å². The number of nitrogens with zero attached hydrogens (tertiary/aromatic N) is 1. The number of rotatable bonds is 3. The molecule has 1 aliphatic rings. The van der Waals surface area contributed by atoms with Gasteiger partial charge in [0.15, 0.2) is 0 Å². The number of benzene rings is 1. The molecule has 0 unspecified atom stereocenters. The predicted octanol–water partition coefficient (Wildman–Crippen LogP) is 2.95. The Hall–Kier alpha value is -2.92. The second-order valence-corrected chi connectivity index (χ2v) is 6.43. The number of aryl methyl sites for hydroxylation is 1. The molecule has 0 aliphatic carbocycles. The minimum atomic E-state index is -0.794. The number of nitrogens with two attached hydrogens (primary N) is 1. The van der Waals surface area contributed by atoms with Crippen LogP contribution < -0.4 is 25.6 Å². The minimum Gasteiger partial charge on any atom is -0.496 e. The van der Waals surface area contributed by atoms with Crippen LogP contribution in [0.25, 0.3) is 0 Å². The van der Waals surface area contributed by atoms with Crippen LogP contribution >= 0.6 is 15.9 Å². The van der Waals surface area contributed by atoms with Crippen LogP contribution in [-0.4, -0.2) is 14.2 Å². The average Bonchev–Trinajstić information content (AvgIpc) is 2.60. The van der Waals surface area contributed by atoms with Crippen molar-refractivity contribution < 1.29 is 18.6 Å². The van der Waals surface area contributed by atoms with E-state index in [9.17, 15) is 10.1 Å². The van der Waals surface area contributed by atoms with Gasteiger partial charge in [-0.3, -0.25) is 0 Å². The van der Waals surface area contributed by atoms with Crippen LogP contribution in [0.3, 0.4) is 0 Å². The van der Waals surface area contributed by atoms with Crippen molar-refractivity contribution in [1.29, 1.82) is 5.26 Å². The van der Waals surface area contributed by atoms with Crippen LogP contribution in [0.5, 0.6) is 17.2 Å². The first-order valence-electron chi connectivity index (χ1n) is 7.54. The Morgan fingerprint density at radius 2 is 1.92 bits per heavy atom. The Morgan fingerprint density at radius 1 is 1.23 bits per heavy atom. The fourth-order valence-corrected chi connectivity index (χ4v) is 3.46. The molecule has 2 heterocycles. The number of fused-ring (bicyclic) bond motifs is 1. The lowest BCUT2D eigenvalue weighted by Crippen LogP contribution is -2.26. The van der Waals surface area contributed by atoms with Crippen molar-refractivity contribution in [3.63, 3.8) is 0 Å². The first-order valence-corrected chi connectivity index (χ1v) is 8.34. The normalized spacial score (nSPS) is 15.7. The molecule has 2 N–H and O–H groups in total. The van der Waals surface area contributed by atoms with Crippen LogP contribution in [0.15, 0.2) is 43.3 Å². The van der Waals surface area contributed by atoms with Crippen LogP contribution in [-0.2, 0) is 0 Å². The molecule has 0 bridgehead atoms. The molecule has 0 spiro atoms. The number of hydrogen-bond acceptors (Lipinski definition) is 7. The van der Waals surface area contributed by atoms with E-state index in [-0.39, 0.29) is 22.8 Å². The highest BCUT2D eigenvalue weighted by molar-refractivity contribution is 9.10. The van der Waals surface area contributed by atoms with Crippen LogP contribution in [0.4, 0.5) is 0 Å². The molecule has 0 radical (unpaired) electrons. The zero-order chi connectivity index (χ0) is 19.0. The quantitative estimate of drug-likeness (QED) is 0.815. The van der Waals surface area contributed by atoms with Crippen molar-refractivity contribution in [1.82, 2.24) is 0 Å². The Morgan fingerprint density at radius 3 is 2.54 bits per heavy atom. The SMILES string of the molecule is COc1cc(OC)c([C@@H]2C(C#N)=C(N)Oc3cc(C)oc(=O)c32)cc1Br. The van der Waals surface area contributed by atoms with E-state index >= 15 is 0 Å². The number of hydrogen-bond donors (Lipinski definition) is 1. The highest BCUT2D eigenvalue weighted by Gasteiger charge is 2.36. The first kappa shape index (κ1) is 17.9. The van der Waals surface area contributed by atoms with E-state index in [1.807, 2.05) is 6.07 Å². The molecular weight excluding hydrogens is 404 g/mol. The van der Waals surface area contributed by atoms with E-state index < -0.39 is 11.5 Å². The Balaban J connectivity index is 2.36. The van der Waals surface area contributed by atoms with E-state index in [4.69, 9.17) is 24.4 Å². The maximum Gasteiger partial charge on any atom is 0.343 e. The van der Waals surface area contributed by atoms with E-state index in [1.165, 1.54) is 14.2 Å². The van der Waals surface area contributed by atoms with Crippen LogP contribution in [0.1, 0.15) is 22.8 Å². The summed E-state index contributed by atoms with van der Waals surface area (Å²) in [5.41, 5.74) is 6.19. The van der Waals surface area contributed by atoms with Gasteiger partial charge in [-0.05, 0) is 28.9 Å². The Bertz CT molecular complexity index is 1020. The molecule has 3 rings (SSSR count). The summed E-state index contributed by atoms with van der Waals surface area (Å²) in [6.45, 7) is 1.63. The van der Waals surface area contributed by atoms with Gasteiger partial charge in [0.25, 0.3) is 0 Å². The molecule has 0 saturated carbocycles. The number of allylic oxidation sites excluding steroid dienone is 1. The molecule has 8 heteroatoms. The van der Waals surface area contributed by atoms with Gasteiger partial charge in [-0.1, -0.05) is 0 Å². The van der Waals surface area contributed by atoms with Gasteiger partial charge in [-0.15, -0.1) is 0 Å². The van der Waals surface area contributed by atoms with Crippen molar-refractivity contribution in [2.24, 2.45) is 5.73 Å². The van der Waals surface area contributed by atoms with Crippen molar-refractivity contribution >= 4 is 15.9 Å². The summed E-state index contributed by atoms with van der Waals surface area (Å²) >= 11 is 3.42. The van der Waals surface area contributed by atoms with Gasteiger partial charge < -0.3 is 24.4 Å². The monoisotopic (exact) mass is 418 g/mol. The van der Waals surface area contributed by atoms with Gasteiger partial charge in [-0.25, -0.2) is 4.79 Å². The van der Waals surface area contributed by atoms with Gasteiger partial charge in [0.1, 0.15) is 34.7 Å². The van der Waals surface area contributed by atoms with E-state index in [0.29, 0.717) is 27.3 Å². The van der Waals surface area contributed by atoms with Gasteiger partial charge in [0.2, 0.25) is 5.88 Å². The van der Waals surface area contributed by atoms with E-state index in [0.717, 1.165) is 0 Å². The largest absolute Gasteiger partial charge is 0.496 e. The molecule has 134 valence electrons. The van der Waals surface area contributed by atoms with Crippen molar-refractivity contribution in [2.45, 2.75) is 12.8 Å². The zero-order valence-corrected chi connectivity index (χ0v) is 15.8. The fraction of sp³-hybridized carbons (Fsp3) is 0.222. The van der Waals surface area contributed by atoms with Crippen LogP contribution in [0.2, 0.25) is 0 Å². The van der Waals surface area contributed by atoms with Gasteiger partial charge in [0, 0.05) is 17.7 Å². The maximum absolute atomic E-state index is 12.5. The van der Waals surface area contributed by atoms with Gasteiger partial charge in [0.05, 0.1) is 30.2 Å². The smallest absolute Gasteiger partial charge is 0.343 e. The van der Waals surface area contributed by atoms with Crippen molar-refractivity contribution in [3.8, 4) is 23.3 Å². The summed E-state index contributed by atoms with van der Waals surface area (Å²) in [6.07, 6.45) is 0. The van der Waals surface area contributed by atoms with E-state index in [1.54, 1.807) is 25.1 Å². The highest BCUT2D eigenvalue weighted by Crippen LogP contribution is 2.46.